The van der Waals surface area contributed by atoms with Crippen molar-refractivity contribution >= 4 is 29.5 Å². The number of hydrogen-bond acceptors (Lipinski definition) is 4. The van der Waals surface area contributed by atoms with Crippen LogP contribution in [-0.4, -0.2) is 28.2 Å². The largest absolute Gasteiger partial charge is 0.462 e. The lowest BCUT2D eigenvalue weighted by Crippen LogP contribution is -2.18. The second kappa shape index (κ2) is 4.26. The average Bonchev–Trinajstić information content (AvgIpc) is 2.35. The van der Waals surface area contributed by atoms with E-state index in [1.807, 2.05) is 13.8 Å². The van der Waals surface area contributed by atoms with Crippen molar-refractivity contribution in [1.82, 2.24) is 0 Å². The summed E-state index contributed by atoms with van der Waals surface area (Å²) in [6, 6.07) is 0. The van der Waals surface area contributed by atoms with Crippen LogP contribution in [0.15, 0.2) is 0 Å². The Morgan fingerprint density at radius 3 is 2.45 bits per heavy atom. The maximum Gasteiger partial charge on any atom is 0.329 e. The van der Waals surface area contributed by atoms with Crippen molar-refractivity contribution in [3.05, 3.63) is 0 Å². The van der Waals surface area contributed by atoms with Gasteiger partial charge in [-0.15, -0.1) is 23.5 Å². The predicted octanol–water partition coefficient (Wildman–Crippen LogP) is 1.74. The molecule has 1 rings (SSSR count). The van der Waals surface area contributed by atoms with Crippen molar-refractivity contribution in [2.24, 2.45) is 0 Å². The van der Waals surface area contributed by atoms with Gasteiger partial charge in [-0.25, -0.2) is 4.79 Å². The van der Waals surface area contributed by atoms with E-state index in [1.54, 1.807) is 23.5 Å². The summed E-state index contributed by atoms with van der Waals surface area (Å²) in [6.45, 7) is 3.75. The van der Waals surface area contributed by atoms with Crippen LogP contribution in [0.2, 0.25) is 0 Å². The SMILES string of the molecule is CC(C)OC(=O)C1SCCS1. The van der Waals surface area contributed by atoms with Crippen LogP contribution in [0.5, 0.6) is 0 Å². The number of carbonyl (C=O) groups excluding carboxylic acids is 1. The molecule has 1 aliphatic heterocycles. The summed E-state index contributed by atoms with van der Waals surface area (Å²) in [7, 11) is 0. The van der Waals surface area contributed by atoms with Gasteiger partial charge in [0.25, 0.3) is 0 Å². The topological polar surface area (TPSA) is 26.3 Å². The molecule has 2 nitrogen and oxygen atoms in total. The van der Waals surface area contributed by atoms with E-state index in [1.165, 1.54) is 0 Å². The summed E-state index contributed by atoms with van der Waals surface area (Å²) in [5.41, 5.74) is 0. The van der Waals surface area contributed by atoms with Gasteiger partial charge < -0.3 is 4.74 Å². The smallest absolute Gasteiger partial charge is 0.329 e. The van der Waals surface area contributed by atoms with Gasteiger partial charge in [-0.2, -0.15) is 0 Å². The molecule has 0 N–H and O–H groups in total. The van der Waals surface area contributed by atoms with Crippen LogP contribution in [0.4, 0.5) is 0 Å². The van der Waals surface area contributed by atoms with E-state index in [-0.39, 0.29) is 16.7 Å². The number of ether oxygens (including phenoxy) is 1. The lowest BCUT2D eigenvalue weighted by Gasteiger charge is -2.10. The number of rotatable bonds is 2. The molecule has 0 saturated carbocycles. The maximum absolute atomic E-state index is 11.2. The van der Waals surface area contributed by atoms with Crippen molar-refractivity contribution in [3.63, 3.8) is 0 Å². The summed E-state index contributed by atoms with van der Waals surface area (Å²) < 4.78 is 5.09. The lowest BCUT2D eigenvalue weighted by atomic mass is 10.5. The molecule has 1 heterocycles. The summed E-state index contributed by atoms with van der Waals surface area (Å²) in [5.74, 6) is 2.08. The Balaban J connectivity index is 2.28. The van der Waals surface area contributed by atoms with Crippen LogP contribution in [0, 0.1) is 0 Å². The van der Waals surface area contributed by atoms with Crippen LogP contribution in [-0.2, 0) is 9.53 Å². The van der Waals surface area contributed by atoms with Crippen molar-refractivity contribution in [2.45, 2.75) is 24.5 Å². The molecule has 11 heavy (non-hydrogen) atoms. The molecule has 4 heteroatoms. The predicted molar refractivity (Wildman–Crippen MR) is 49.9 cm³/mol. The molecule has 0 aromatic rings. The zero-order chi connectivity index (χ0) is 8.27. The molecular formula is C7H12O2S2. The molecule has 64 valence electrons. The van der Waals surface area contributed by atoms with Gasteiger partial charge in [-0.3, -0.25) is 0 Å². The van der Waals surface area contributed by atoms with E-state index in [0.29, 0.717) is 0 Å². The van der Waals surface area contributed by atoms with Crippen molar-refractivity contribution < 1.29 is 9.53 Å². The minimum atomic E-state index is -0.0625. The van der Waals surface area contributed by atoms with Crippen LogP contribution in [0.3, 0.4) is 0 Å². The number of hydrogen-bond donors (Lipinski definition) is 0. The first-order chi connectivity index (χ1) is 5.20. The third kappa shape index (κ3) is 2.95. The van der Waals surface area contributed by atoms with E-state index in [9.17, 15) is 4.79 Å². The lowest BCUT2D eigenvalue weighted by molar-refractivity contribution is -0.144. The molecule has 0 bridgehead atoms. The summed E-state index contributed by atoms with van der Waals surface area (Å²) in [5, 5.41) is 0. The third-order valence-electron chi connectivity index (χ3n) is 1.17. The van der Waals surface area contributed by atoms with Gasteiger partial charge in [-0.1, -0.05) is 0 Å². The Bertz CT molecular complexity index is 141. The van der Waals surface area contributed by atoms with Crippen LogP contribution in [0.25, 0.3) is 0 Å². The first kappa shape index (κ1) is 9.26. The fourth-order valence-electron chi connectivity index (χ4n) is 0.782. The molecule has 0 unspecified atom stereocenters. The maximum atomic E-state index is 11.2. The minimum Gasteiger partial charge on any atom is -0.462 e. The summed E-state index contributed by atoms with van der Waals surface area (Å²) >= 11 is 3.36. The number of carbonyl (C=O) groups is 1. The summed E-state index contributed by atoms with van der Waals surface area (Å²) in [4.78, 5) is 11.2. The monoisotopic (exact) mass is 192 g/mol. The van der Waals surface area contributed by atoms with Gasteiger partial charge >= 0.3 is 5.97 Å². The zero-order valence-electron chi connectivity index (χ0n) is 6.70. The minimum absolute atomic E-state index is 0.0179. The van der Waals surface area contributed by atoms with E-state index in [2.05, 4.69) is 0 Å². The number of esters is 1. The van der Waals surface area contributed by atoms with Gasteiger partial charge in [0.1, 0.15) is 4.58 Å². The highest BCUT2D eigenvalue weighted by Crippen LogP contribution is 2.32. The molecule has 1 fully saturated rings. The van der Waals surface area contributed by atoms with Gasteiger partial charge in [0.15, 0.2) is 0 Å². The first-order valence-corrected chi connectivity index (χ1v) is 5.73. The van der Waals surface area contributed by atoms with Crippen LogP contribution < -0.4 is 0 Å². The van der Waals surface area contributed by atoms with Crippen molar-refractivity contribution in [2.75, 3.05) is 11.5 Å². The molecule has 0 atom stereocenters. The molecule has 0 aromatic heterocycles. The molecule has 1 aliphatic rings. The molecule has 0 aromatic carbocycles. The highest BCUT2D eigenvalue weighted by molar-refractivity contribution is 8.21. The Hall–Kier alpha value is 0.170. The zero-order valence-corrected chi connectivity index (χ0v) is 8.33. The van der Waals surface area contributed by atoms with Gasteiger partial charge in [0.05, 0.1) is 6.10 Å². The van der Waals surface area contributed by atoms with Gasteiger partial charge in [0, 0.05) is 11.5 Å². The summed E-state index contributed by atoms with van der Waals surface area (Å²) in [6.07, 6.45) is 0.0179. The Labute approximate surface area is 75.4 Å². The number of thioether (sulfide) groups is 2. The molecule has 1 saturated heterocycles. The second-order valence-corrected chi connectivity index (χ2v) is 5.28. The van der Waals surface area contributed by atoms with Crippen LogP contribution >= 0.6 is 23.5 Å². The molecule has 0 spiro atoms. The Morgan fingerprint density at radius 1 is 1.45 bits per heavy atom. The fraction of sp³-hybridized carbons (Fsp3) is 0.857. The standard InChI is InChI=1S/C7H12O2S2/c1-5(2)9-6(8)7-10-3-4-11-7/h5,7H,3-4H2,1-2H3. The van der Waals surface area contributed by atoms with E-state index in [0.717, 1.165) is 11.5 Å². The molecular weight excluding hydrogens is 180 g/mol. The third-order valence-corrected chi connectivity index (χ3v) is 4.11. The normalized spacial score (nSPS) is 19.2. The highest BCUT2D eigenvalue weighted by Gasteiger charge is 2.25. The Morgan fingerprint density at radius 2 is 2.00 bits per heavy atom. The van der Waals surface area contributed by atoms with E-state index >= 15 is 0 Å². The van der Waals surface area contributed by atoms with Crippen LogP contribution in [0.1, 0.15) is 13.8 Å². The van der Waals surface area contributed by atoms with E-state index < -0.39 is 0 Å². The first-order valence-electron chi connectivity index (χ1n) is 3.64. The molecule has 0 aliphatic carbocycles. The molecule has 0 radical (unpaired) electrons. The second-order valence-electron chi connectivity index (χ2n) is 2.56. The highest BCUT2D eigenvalue weighted by atomic mass is 32.2. The van der Waals surface area contributed by atoms with Crippen molar-refractivity contribution in [3.8, 4) is 0 Å². The Kier molecular flexibility index (Phi) is 3.59. The quantitative estimate of drug-likeness (QED) is 0.623. The van der Waals surface area contributed by atoms with Gasteiger partial charge in [0.2, 0.25) is 0 Å². The molecule has 0 amide bonds. The van der Waals surface area contributed by atoms with Crippen molar-refractivity contribution in [1.29, 1.82) is 0 Å². The van der Waals surface area contributed by atoms with E-state index in [4.69, 9.17) is 4.74 Å². The fourth-order valence-corrected chi connectivity index (χ4v) is 3.33. The van der Waals surface area contributed by atoms with Gasteiger partial charge in [-0.05, 0) is 13.8 Å². The average molecular weight is 192 g/mol.